The molecule has 16 heavy (non-hydrogen) atoms. The molecule has 1 aliphatic rings. The topological polar surface area (TPSA) is 37.8 Å². The van der Waals surface area contributed by atoms with E-state index in [1.165, 1.54) is 28.3 Å². The van der Waals surface area contributed by atoms with Gasteiger partial charge >= 0.3 is 0 Å². The van der Waals surface area contributed by atoms with Crippen molar-refractivity contribution in [2.75, 3.05) is 7.05 Å². The highest BCUT2D eigenvalue weighted by Gasteiger charge is 2.29. The lowest BCUT2D eigenvalue weighted by atomic mass is 10.2. The van der Waals surface area contributed by atoms with Crippen LogP contribution in [0.2, 0.25) is 0 Å². The molecule has 3 rings (SSSR count). The molecule has 84 valence electrons. The summed E-state index contributed by atoms with van der Waals surface area (Å²) in [6.45, 7) is 0.933. The van der Waals surface area contributed by atoms with Crippen molar-refractivity contribution in [1.29, 1.82) is 0 Å². The van der Waals surface area contributed by atoms with Crippen molar-refractivity contribution in [2.24, 2.45) is 0 Å². The zero-order valence-corrected chi connectivity index (χ0v) is 10.7. The fourth-order valence-corrected chi connectivity index (χ4v) is 3.59. The second-order valence-electron chi connectivity index (χ2n) is 4.00. The zero-order chi connectivity index (χ0) is 11.0. The van der Waals surface area contributed by atoms with E-state index in [-0.39, 0.29) is 0 Å². The summed E-state index contributed by atoms with van der Waals surface area (Å²) in [5.74, 6) is 0.723. The summed E-state index contributed by atoms with van der Waals surface area (Å²) in [4.78, 5) is 11.5. The first-order valence-corrected chi connectivity index (χ1v) is 7.11. The molecule has 0 bridgehead atoms. The predicted molar refractivity (Wildman–Crippen MR) is 68.0 cm³/mol. The van der Waals surface area contributed by atoms with E-state index in [0.717, 1.165) is 17.5 Å². The molecule has 0 atom stereocenters. The van der Waals surface area contributed by atoms with Gasteiger partial charge in [-0.05, 0) is 19.9 Å². The van der Waals surface area contributed by atoms with Gasteiger partial charge in [0, 0.05) is 23.5 Å². The summed E-state index contributed by atoms with van der Waals surface area (Å²) in [5.41, 5.74) is 3.19. The van der Waals surface area contributed by atoms with Crippen LogP contribution in [0.5, 0.6) is 0 Å². The molecule has 1 aliphatic carbocycles. The monoisotopic (exact) mass is 251 g/mol. The fraction of sp³-hybridized carbons (Fsp3) is 0.455. The van der Waals surface area contributed by atoms with Crippen LogP contribution in [0.15, 0.2) is 11.7 Å². The second kappa shape index (κ2) is 4.24. The molecule has 0 aromatic carbocycles. The Balaban J connectivity index is 1.97. The predicted octanol–water partition coefficient (Wildman–Crippen LogP) is 2.86. The van der Waals surface area contributed by atoms with Crippen LogP contribution in [0.4, 0.5) is 0 Å². The summed E-state index contributed by atoms with van der Waals surface area (Å²) >= 11 is 3.47. The third-order valence-electron chi connectivity index (χ3n) is 2.67. The molecule has 0 radical (unpaired) electrons. The van der Waals surface area contributed by atoms with Crippen LogP contribution in [0.1, 0.15) is 29.3 Å². The molecule has 0 spiro atoms. The minimum Gasteiger partial charge on any atom is -0.315 e. The molecule has 5 heteroatoms. The Morgan fingerprint density at radius 2 is 2.38 bits per heavy atom. The SMILES string of the molecule is CNCc1sc(-c2cncs2)nc1C1CC1. The van der Waals surface area contributed by atoms with E-state index in [2.05, 4.69) is 10.3 Å². The van der Waals surface area contributed by atoms with Gasteiger partial charge in [0.05, 0.1) is 16.1 Å². The van der Waals surface area contributed by atoms with Crippen molar-refractivity contribution >= 4 is 22.7 Å². The average molecular weight is 251 g/mol. The lowest BCUT2D eigenvalue weighted by molar-refractivity contribution is 0.813. The second-order valence-corrected chi connectivity index (χ2v) is 5.97. The third kappa shape index (κ3) is 1.90. The van der Waals surface area contributed by atoms with Crippen molar-refractivity contribution in [3.63, 3.8) is 0 Å². The molecule has 2 aromatic rings. The molecule has 1 fully saturated rings. The van der Waals surface area contributed by atoms with E-state index in [4.69, 9.17) is 4.98 Å². The van der Waals surface area contributed by atoms with Gasteiger partial charge in [-0.2, -0.15) is 0 Å². The van der Waals surface area contributed by atoms with E-state index in [9.17, 15) is 0 Å². The lowest BCUT2D eigenvalue weighted by Crippen LogP contribution is -2.05. The summed E-state index contributed by atoms with van der Waals surface area (Å²) in [7, 11) is 1.99. The Labute approximate surface area is 103 Å². The van der Waals surface area contributed by atoms with Crippen LogP contribution in [0.25, 0.3) is 9.88 Å². The Morgan fingerprint density at radius 3 is 3.00 bits per heavy atom. The van der Waals surface area contributed by atoms with E-state index < -0.39 is 0 Å². The molecule has 0 aliphatic heterocycles. The lowest BCUT2D eigenvalue weighted by Gasteiger charge is -1.97. The Kier molecular flexibility index (Phi) is 2.75. The number of hydrogen-bond donors (Lipinski definition) is 1. The quantitative estimate of drug-likeness (QED) is 0.908. The minimum atomic E-state index is 0.723. The van der Waals surface area contributed by atoms with Crippen LogP contribution in [-0.2, 0) is 6.54 Å². The Morgan fingerprint density at radius 1 is 1.50 bits per heavy atom. The highest BCUT2D eigenvalue weighted by molar-refractivity contribution is 7.20. The summed E-state index contributed by atoms with van der Waals surface area (Å²) in [6.07, 6.45) is 4.52. The van der Waals surface area contributed by atoms with Gasteiger partial charge in [-0.25, -0.2) is 4.98 Å². The maximum atomic E-state index is 4.78. The highest BCUT2D eigenvalue weighted by Crippen LogP contribution is 2.44. The maximum Gasteiger partial charge on any atom is 0.135 e. The van der Waals surface area contributed by atoms with Gasteiger partial charge in [0.1, 0.15) is 5.01 Å². The molecule has 1 saturated carbocycles. The van der Waals surface area contributed by atoms with Gasteiger partial charge in [-0.15, -0.1) is 22.7 Å². The van der Waals surface area contributed by atoms with E-state index in [1.807, 2.05) is 18.8 Å². The molecule has 0 unspecified atom stereocenters. The van der Waals surface area contributed by atoms with Crippen molar-refractivity contribution < 1.29 is 0 Å². The van der Waals surface area contributed by atoms with Crippen molar-refractivity contribution in [2.45, 2.75) is 25.3 Å². The summed E-state index contributed by atoms with van der Waals surface area (Å²) in [5, 5.41) is 4.36. The molecular formula is C11H13N3S2. The first kappa shape index (κ1) is 10.4. The molecule has 2 aromatic heterocycles. The smallest absolute Gasteiger partial charge is 0.135 e. The van der Waals surface area contributed by atoms with Gasteiger partial charge in [0.2, 0.25) is 0 Å². The maximum absolute atomic E-state index is 4.78. The van der Waals surface area contributed by atoms with Crippen molar-refractivity contribution in [3.05, 3.63) is 22.3 Å². The Bertz CT molecular complexity index is 471. The van der Waals surface area contributed by atoms with Crippen LogP contribution < -0.4 is 5.32 Å². The fourth-order valence-electron chi connectivity index (χ4n) is 1.75. The van der Waals surface area contributed by atoms with Crippen LogP contribution in [-0.4, -0.2) is 17.0 Å². The third-order valence-corrected chi connectivity index (χ3v) is 4.69. The first-order chi connectivity index (χ1) is 7.88. The minimum absolute atomic E-state index is 0.723. The van der Waals surface area contributed by atoms with Crippen LogP contribution >= 0.6 is 22.7 Å². The highest BCUT2D eigenvalue weighted by atomic mass is 32.1. The summed E-state index contributed by atoms with van der Waals surface area (Å²) < 4.78 is 0. The summed E-state index contributed by atoms with van der Waals surface area (Å²) in [6, 6.07) is 0. The average Bonchev–Trinajstić information content (AvgIpc) is 2.82. The van der Waals surface area contributed by atoms with Gasteiger partial charge in [0.25, 0.3) is 0 Å². The molecule has 3 nitrogen and oxygen atoms in total. The molecule has 1 N–H and O–H groups in total. The number of rotatable bonds is 4. The standard InChI is InChI=1S/C11H13N3S2/c1-12-4-8-10(7-2-3-7)14-11(16-8)9-5-13-6-15-9/h5-7,12H,2-4H2,1H3. The zero-order valence-electron chi connectivity index (χ0n) is 9.06. The first-order valence-electron chi connectivity index (χ1n) is 5.41. The molecule has 0 amide bonds. The number of aromatic nitrogens is 2. The largest absolute Gasteiger partial charge is 0.315 e. The molecule has 2 heterocycles. The van der Waals surface area contributed by atoms with E-state index in [0.29, 0.717) is 0 Å². The molecular weight excluding hydrogens is 238 g/mol. The number of nitrogens with one attached hydrogen (secondary N) is 1. The van der Waals surface area contributed by atoms with Crippen LogP contribution in [0.3, 0.4) is 0 Å². The van der Waals surface area contributed by atoms with Crippen LogP contribution in [0, 0.1) is 0 Å². The Hall–Kier alpha value is -0.780. The number of nitrogens with zero attached hydrogens (tertiary/aromatic N) is 2. The van der Waals surface area contributed by atoms with Gasteiger partial charge in [-0.3, -0.25) is 4.98 Å². The van der Waals surface area contributed by atoms with Gasteiger partial charge < -0.3 is 5.32 Å². The van der Waals surface area contributed by atoms with E-state index >= 15 is 0 Å². The molecule has 0 saturated heterocycles. The van der Waals surface area contributed by atoms with Gasteiger partial charge in [-0.1, -0.05) is 0 Å². The van der Waals surface area contributed by atoms with Crippen molar-refractivity contribution in [3.8, 4) is 9.88 Å². The normalized spacial score (nSPS) is 15.6. The van der Waals surface area contributed by atoms with Crippen molar-refractivity contribution in [1.82, 2.24) is 15.3 Å². The van der Waals surface area contributed by atoms with Gasteiger partial charge in [0.15, 0.2) is 0 Å². The van der Waals surface area contributed by atoms with E-state index in [1.54, 1.807) is 22.7 Å². The number of thiazole rings is 2. The number of hydrogen-bond acceptors (Lipinski definition) is 5.